The molecule has 0 spiro atoms. The van der Waals surface area contributed by atoms with Gasteiger partial charge in [-0.1, -0.05) is 134 Å². The molecule has 4 heterocycles. The van der Waals surface area contributed by atoms with E-state index in [2.05, 4.69) is 205 Å². The van der Waals surface area contributed by atoms with Crippen molar-refractivity contribution in [1.82, 2.24) is 9.13 Å². The van der Waals surface area contributed by atoms with Crippen LogP contribution in [0.2, 0.25) is 0 Å². The SMILES string of the molecule is C=Cc1c(/C=C\C)n(-c2ccccc2)c2c1ccc1c3ccccc3n(C/N=C/c3cccc4oc5ccc(-c6cccc7sc8ccc(-c9ccccc9)cc8c67)cc5c34)c12. The number of allylic oxidation sites excluding steroid dienone is 1. The first-order valence-electron chi connectivity index (χ1n) is 21.0. The zero-order valence-electron chi connectivity index (χ0n) is 34.0. The van der Waals surface area contributed by atoms with Gasteiger partial charge in [-0.05, 0) is 89.9 Å². The van der Waals surface area contributed by atoms with Crippen molar-refractivity contribution in [2.75, 3.05) is 0 Å². The van der Waals surface area contributed by atoms with Crippen LogP contribution in [0.3, 0.4) is 0 Å². The van der Waals surface area contributed by atoms with Gasteiger partial charge < -0.3 is 13.6 Å². The van der Waals surface area contributed by atoms with Crippen LogP contribution in [0.15, 0.2) is 192 Å². The van der Waals surface area contributed by atoms with E-state index in [-0.39, 0.29) is 0 Å². The van der Waals surface area contributed by atoms with Gasteiger partial charge in [0.1, 0.15) is 17.8 Å². The average molecular weight is 814 g/mol. The molecule has 0 aliphatic rings. The molecule has 12 rings (SSSR count). The summed E-state index contributed by atoms with van der Waals surface area (Å²) < 4.78 is 13.8. The Balaban J connectivity index is 1.01. The quantitative estimate of drug-likeness (QED) is 0.141. The molecule has 0 radical (unpaired) electrons. The Hall–Kier alpha value is -7.73. The zero-order chi connectivity index (χ0) is 41.3. The van der Waals surface area contributed by atoms with Crippen LogP contribution in [-0.2, 0) is 6.67 Å². The minimum Gasteiger partial charge on any atom is -0.456 e. The second-order valence-electron chi connectivity index (χ2n) is 15.8. The topological polar surface area (TPSA) is 35.4 Å². The van der Waals surface area contributed by atoms with Crippen LogP contribution in [0.25, 0.3) is 115 Å². The summed E-state index contributed by atoms with van der Waals surface area (Å²) in [6.07, 6.45) is 8.31. The lowest BCUT2D eigenvalue weighted by Gasteiger charge is -2.12. The average Bonchev–Trinajstić information content (AvgIpc) is 4.07. The molecule has 8 aromatic carbocycles. The predicted octanol–water partition coefficient (Wildman–Crippen LogP) is 16.1. The van der Waals surface area contributed by atoms with E-state index >= 15 is 0 Å². The summed E-state index contributed by atoms with van der Waals surface area (Å²) in [6, 6.07) is 60.9. The number of aromatic nitrogens is 2. The Bertz CT molecular complexity index is 3800. The van der Waals surface area contributed by atoms with Crippen LogP contribution in [0.5, 0.6) is 0 Å². The molecule has 0 bridgehead atoms. The van der Waals surface area contributed by atoms with Crippen molar-refractivity contribution < 1.29 is 4.42 Å². The van der Waals surface area contributed by atoms with Crippen molar-refractivity contribution in [1.29, 1.82) is 0 Å². The van der Waals surface area contributed by atoms with Crippen molar-refractivity contribution in [3.8, 4) is 27.9 Å². The van der Waals surface area contributed by atoms with Gasteiger partial charge >= 0.3 is 0 Å². The molecule has 0 aliphatic heterocycles. The van der Waals surface area contributed by atoms with Crippen molar-refractivity contribution >= 4 is 105 Å². The summed E-state index contributed by atoms with van der Waals surface area (Å²) in [4.78, 5) is 5.25. The molecule has 0 N–H and O–H groups in total. The minimum atomic E-state index is 0.432. The predicted molar refractivity (Wildman–Crippen MR) is 266 cm³/mol. The van der Waals surface area contributed by atoms with Gasteiger partial charge in [-0.3, -0.25) is 4.99 Å². The van der Waals surface area contributed by atoms with Crippen molar-refractivity contribution in [3.63, 3.8) is 0 Å². The van der Waals surface area contributed by atoms with E-state index in [4.69, 9.17) is 9.41 Å². The van der Waals surface area contributed by atoms with Gasteiger partial charge in [0.05, 0.1) is 22.2 Å². The number of nitrogens with zero attached hydrogens (tertiary/aromatic N) is 3. The smallest absolute Gasteiger partial charge is 0.136 e. The molecule has 4 nitrogen and oxygen atoms in total. The molecule has 12 aromatic rings. The summed E-state index contributed by atoms with van der Waals surface area (Å²) in [5.41, 5.74) is 14.3. The first-order valence-corrected chi connectivity index (χ1v) is 21.9. The molecule has 0 aliphatic carbocycles. The normalized spacial score (nSPS) is 12.3. The van der Waals surface area contributed by atoms with Gasteiger partial charge in [-0.25, -0.2) is 0 Å². The summed E-state index contributed by atoms with van der Waals surface area (Å²) in [7, 11) is 0. The maximum absolute atomic E-state index is 6.53. The first-order chi connectivity index (χ1) is 30.7. The molecule has 62 heavy (non-hydrogen) atoms. The molecule has 0 saturated heterocycles. The number of para-hydroxylation sites is 2. The van der Waals surface area contributed by atoms with E-state index < -0.39 is 0 Å². The van der Waals surface area contributed by atoms with E-state index in [1.54, 1.807) is 0 Å². The van der Waals surface area contributed by atoms with Crippen LogP contribution in [-0.4, -0.2) is 15.3 Å². The number of hydrogen-bond acceptors (Lipinski definition) is 3. The Kier molecular flexibility index (Phi) is 8.44. The molecule has 0 amide bonds. The van der Waals surface area contributed by atoms with Crippen LogP contribution in [0, 0.1) is 0 Å². The van der Waals surface area contributed by atoms with Gasteiger partial charge in [-0.2, -0.15) is 0 Å². The summed E-state index contributed by atoms with van der Waals surface area (Å²) in [5, 5.41) is 8.27. The van der Waals surface area contributed by atoms with Crippen LogP contribution >= 0.6 is 11.3 Å². The standard InChI is InChI=1S/C57H39N3OS/c1-3-15-49-41(4-2)44-28-29-45-43-21-11-12-23-48(43)59(56(45)57(44)60(49)40-19-9-6-10-20-40)35-58-34-39-18-13-24-51-54(39)46-33-38(26-30-50(46)61-51)42-22-14-25-53-55(42)47-32-37(27-31-52(47)62-53)36-16-7-5-8-17-36/h3-34H,2,35H2,1H3/b15-3-,58-34+. The Morgan fingerprint density at radius 2 is 1.37 bits per heavy atom. The van der Waals surface area contributed by atoms with Crippen LogP contribution in [0.1, 0.15) is 23.7 Å². The third-order valence-electron chi connectivity index (χ3n) is 12.4. The number of furan rings is 1. The van der Waals surface area contributed by atoms with E-state index in [0.717, 1.165) is 71.9 Å². The lowest BCUT2D eigenvalue weighted by molar-refractivity contribution is 0.669. The highest BCUT2D eigenvalue weighted by Crippen LogP contribution is 2.44. The summed E-state index contributed by atoms with van der Waals surface area (Å²) in [6.45, 7) is 6.78. The van der Waals surface area contributed by atoms with E-state index in [0.29, 0.717) is 6.67 Å². The van der Waals surface area contributed by atoms with Crippen molar-refractivity contribution in [3.05, 3.63) is 199 Å². The molecule has 0 atom stereocenters. The number of rotatable bonds is 8. The van der Waals surface area contributed by atoms with Crippen LogP contribution in [0.4, 0.5) is 0 Å². The van der Waals surface area contributed by atoms with E-state index in [1.165, 1.54) is 47.6 Å². The van der Waals surface area contributed by atoms with Crippen molar-refractivity contribution in [2.45, 2.75) is 13.6 Å². The van der Waals surface area contributed by atoms with Gasteiger partial charge in [0.2, 0.25) is 0 Å². The lowest BCUT2D eigenvalue weighted by atomic mass is 9.96. The molecule has 294 valence electrons. The van der Waals surface area contributed by atoms with E-state index in [1.807, 2.05) is 23.6 Å². The molecule has 4 aromatic heterocycles. The number of benzene rings is 8. The summed E-state index contributed by atoms with van der Waals surface area (Å²) >= 11 is 1.85. The molecular formula is C57H39N3OS. The molecule has 5 heteroatoms. The number of fused-ring (bicyclic) bond motifs is 11. The number of thiophene rings is 1. The van der Waals surface area contributed by atoms with Gasteiger partial charge in [0, 0.05) is 70.1 Å². The number of hydrogen-bond donors (Lipinski definition) is 0. The molecule has 0 saturated carbocycles. The van der Waals surface area contributed by atoms with Gasteiger partial charge in [0.15, 0.2) is 0 Å². The highest BCUT2D eigenvalue weighted by Gasteiger charge is 2.22. The maximum Gasteiger partial charge on any atom is 0.136 e. The third kappa shape index (κ3) is 5.56. The Morgan fingerprint density at radius 3 is 2.23 bits per heavy atom. The first kappa shape index (κ1) is 36.1. The Morgan fingerprint density at radius 1 is 0.597 bits per heavy atom. The highest BCUT2D eigenvalue weighted by atomic mass is 32.1. The fourth-order valence-electron chi connectivity index (χ4n) is 9.71. The lowest BCUT2D eigenvalue weighted by Crippen LogP contribution is -2.01. The number of aliphatic imine (C=N–C) groups is 1. The van der Waals surface area contributed by atoms with Crippen LogP contribution < -0.4 is 0 Å². The molecule has 0 fully saturated rings. The second kappa shape index (κ2) is 14.5. The van der Waals surface area contributed by atoms with E-state index in [9.17, 15) is 0 Å². The fourth-order valence-corrected chi connectivity index (χ4v) is 10.8. The monoisotopic (exact) mass is 813 g/mol. The second-order valence-corrected chi connectivity index (χ2v) is 16.9. The largest absolute Gasteiger partial charge is 0.456 e. The van der Waals surface area contributed by atoms with Crippen molar-refractivity contribution in [2.24, 2.45) is 4.99 Å². The third-order valence-corrected chi connectivity index (χ3v) is 13.5. The van der Waals surface area contributed by atoms with Gasteiger partial charge in [-0.15, -0.1) is 11.3 Å². The Labute approximate surface area is 362 Å². The minimum absolute atomic E-state index is 0.432. The molecular weight excluding hydrogens is 775 g/mol. The maximum atomic E-state index is 6.53. The van der Waals surface area contributed by atoms with Gasteiger partial charge in [0.25, 0.3) is 0 Å². The summed E-state index contributed by atoms with van der Waals surface area (Å²) in [5.74, 6) is 0. The zero-order valence-corrected chi connectivity index (χ0v) is 34.9. The highest BCUT2D eigenvalue weighted by molar-refractivity contribution is 7.26. The molecule has 0 unspecified atom stereocenters. The fraction of sp³-hybridized carbons (Fsp3) is 0.0351.